The fraction of sp³-hybridized carbons (Fsp3) is 0.314. The van der Waals surface area contributed by atoms with E-state index in [-0.39, 0.29) is 29.9 Å². The molecule has 9 heteroatoms. The first kappa shape index (κ1) is 30.9. The van der Waals surface area contributed by atoms with Gasteiger partial charge in [0.25, 0.3) is 5.91 Å². The highest BCUT2D eigenvalue weighted by Crippen LogP contribution is 2.35. The Morgan fingerprint density at radius 1 is 1.00 bits per heavy atom. The van der Waals surface area contributed by atoms with Crippen molar-refractivity contribution in [2.75, 3.05) is 14.1 Å². The minimum absolute atomic E-state index is 0.0172. The average Bonchev–Trinajstić information content (AvgIpc) is 3.68. The van der Waals surface area contributed by atoms with E-state index in [0.717, 1.165) is 52.9 Å². The van der Waals surface area contributed by atoms with Crippen LogP contribution in [0.4, 0.5) is 0 Å². The van der Waals surface area contributed by atoms with Gasteiger partial charge in [-0.1, -0.05) is 25.3 Å². The number of carbonyl (C=O) groups excluding carboxylic acids is 2. The third-order valence-corrected chi connectivity index (χ3v) is 9.12. The minimum atomic E-state index is -0.960. The topological polar surface area (TPSA) is 102 Å². The van der Waals surface area contributed by atoms with Gasteiger partial charge < -0.3 is 14.7 Å². The van der Waals surface area contributed by atoms with E-state index in [2.05, 4.69) is 4.68 Å². The van der Waals surface area contributed by atoms with E-state index in [4.69, 9.17) is 9.84 Å². The van der Waals surface area contributed by atoms with E-state index in [1.165, 1.54) is 17.8 Å². The monoisotopic (exact) mass is 611 g/mol. The maximum atomic E-state index is 12.7. The summed E-state index contributed by atoms with van der Waals surface area (Å²) in [6, 6.07) is 19.4. The number of carboxylic acids is 1. The summed E-state index contributed by atoms with van der Waals surface area (Å²) in [4.78, 5) is 39.2. The molecule has 0 bridgehead atoms. The number of aromatic nitrogens is 2. The SMILES string of the molecule is CC(=O)c1ccc(-c2ccc(C(=O)N(C)C)cc2COc2ccc(-c3cc(/C=C(\C)C(=O)O)nn3C3CCCCC3)cc2)s1. The van der Waals surface area contributed by atoms with E-state index in [0.29, 0.717) is 21.9 Å². The smallest absolute Gasteiger partial charge is 0.331 e. The molecule has 4 aromatic rings. The molecule has 1 aliphatic rings. The summed E-state index contributed by atoms with van der Waals surface area (Å²) in [6.45, 7) is 3.37. The van der Waals surface area contributed by atoms with Gasteiger partial charge in [-0.05, 0) is 98.5 Å². The highest BCUT2D eigenvalue weighted by atomic mass is 32.1. The second kappa shape index (κ2) is 13.4. The number of nitrogens with zero attached hydrogens (tertiary/aromatic N) is 3. The number of hydrogen-bond acceptors (Lipinski definition) is 6. The molecule has 0 radical (unpaired) electrons. The van der Waals surface area contributed by atoms with E-state index in [1.54, 1.807) is 45.0 Å². The van der Waals surface area contributed by atoms with Crippen LogP contribution in [0.5, 0.6) is 5.75 Å². The fourth-order valence-electron chi connectivity index (χ4n) is 5.49. The van der Waals surface area contributed by atoms with E-state index in [9.17, 15) is 19.5 Å². The molecular formula is C35H37N3O5S. The van der Waals surface area contributed by atoms with Gasteiger partial charge in [-0.25, -0.2) is 4.79 Å². The van der Waals surface area contributed by atoms with E-state index >= 15 is 0 Å². The molecule has 228 valence electrons. The largest absolute Gasteiger partial charge is 0.489 e. The summed E-state index contributed by atoms with van der Waals surface area (Å²) in [7, 11) is 3.44. The lowest BCUT2D eigenvalue weighted by atomic mass is 9.95. The molecule has 1 N–H and O–H groups in total. The third-order valence-electron chi connectivity index (χ3n) is 7.90. The Balaban J connectivity index is 1.41. The highest BCUT2D eigenvalue weighted by molar-refractivity contribution is 7.17. The zero-order chi connectivity index (χ0) is 31.4. The molecule has 0 spiro atoms. The number of thiophene rings is 1. The lowest BCUT2D eigenvalue weighted by Crippen LogP contribution is -2.21. The van der Waals surface area contributed by atoms with Crippen molar-refractivity contribution in [2.45, 2.75) is 58.6 Å². The number of benzene rings is 2. The normalized spacial score (nSPS) is 14.0. The summed E-state index contributed by atoms with van der Waals surface area (Å²) in [5, 5.41) is 14.2. The van der Waals surface area contributed by atoms with Crippen molar-refractivity contribution < 1.29 is 24.2 Å². The second-order valence-corrected chi connectivity index (χ2v) is 12.5. The number of carbonyl (C=O) groups is 3. The van der Waals surface area contributed by atoms with Crippen LogP contribution in [0, 0.1) is 0 Å². The van der Waals surface area contributed by atoms with Gasteiger partial charge >= 0.3 is 5.97 Å². The predicted molar refractivity (Wildman–Crippen MR) is 173 cm³/mol. The molecule has 5 rings (SSSR count). The molecule has 44 heavy (non-hydrogen) atoms. The van der Waals surface area contributed by atoms with Crippen LogP contribution < -0.4 is 4.74 Å². The van der Waals surface area contributed by atoms with Crippen LogP contribution in [0.25, 0.3) is 27.8 Å². The molecule has 1 aliphatic carbocycles. The predicted octanol–water partition coefficient (Wildman–Crippen LogP) is 7.76. The lowest BCUT2D eigenvalue weighted by Gasteiger charge is -2.24. The van der Waals surface area contributed by atoms with Crippen LogP contribution in [0.2, 0.25) is 0 Å². The Morgan fingerprint density at radius 2 is 1.73 bits per heavy atom. The van der Waals surface area contributed by atoms with Gasteiger partial charge in [0.05, 0.1) is 22.3 Å². The maximum Gasteiger partial charge on any atom is 0.331 e. The Hall–Kier alpha value is -4.50. The number of amides is 1. The van der Waals surface area contributed by atoms with Crippen molar-refractivity contribution >= 4 is 35.1 Å². The van der Waals surface area contributed by atoms with E-state index < -0.39 is 5.97 Å². The lowest BCUT2D eigenvalue weighted by molar-refractivity contribution is -0.132. The molecule has 2 aromatic carbocycles. The van der Waals surface area contributed by atoms with Crippen molar-refractivity contribution in [3.63, 3.8) is 0 Å². The molecule has 8 nitrogen and oxygen atoms in total. The van der Waals surface area contributed by atoms with Gasteiger partial charge in [-0.15, -0.1) is 11.3 Å². The molecule has 1 fully saturated rings. The van der Waals surface area contributed by atoms with Crippen molar-refractivity contribution in [3.8, 4) is 27.4 Å². The fourth-order valence-corrected chi connectivity index (χ4v) is 6.45. The van der Waals surface area contributed by atoms with Crippen molar-refractivity contribution in [3.05, 3.63) is 87.9 Å². The zero-order valence-electron chi connectivity index (χ0n) is 25.5. The standard InChI is InChI=1S/C35H37N3O5S/c1-22(35(41)42)18-27-20-31(38(36-27)28-8-6-5-7-9-28)24-10-13-29(14-11-24)43-21-26-19-25(34(40)37(3)4)12-15-30(26)33-17-16-32(44-33)23(2)39/h10-20,28H,5-9,21H2,1-4H3,(H,41,42)/b22-18+. The summed E-state index contributed by atoms with van der Waals surface area (Å²) >= 11 is 1.42. The molecule has 0 saturated heterocycles. The first-order valence-corrected chi connectivity index (χ1v) is 15.6. The van der Waals surface area contributed by atoms with Crippen LogP contribution in [0.1, 0.15) is 83.3 Å². The summed E-state index contributed by atoms with van der Waals surface area (Å²) < 4.78 is 8.30. The summed E-state index contributed by atoms with van der Waals surface area (Å²) in [5.74, 6) is -0.368. The van der Waals surface area contributed by atoms with Crippen LogP contribution in [0.15, 0.2) is 66.2 Å². The van der Waals surface area contributed by atoms with Crippen LogP contribution in [0.3, 0.4) is 0 Å². The molecule has 0 aliphatic heterocycles. The van der Waals surface area contributed by atoms with Crippen molar-refractivity contribution in [1.82, 2.24) is 14.7 Å². The highest BCUT2D eigenvalue weighted by Gasteiger charge is 2.21. The van der Waals surface area contributed by atoms with Crippen LogP contribution in [-0.2, 0) is 11.4 Å². The Labute approximate surface area is 261 Å². The zero-order valence-corrected chi connectivity index (χ0v) is 26.3. The Bertz CT molecular complexity index is 1710. The molecule has 0 atom stereocenters. The first-order chi connectivity index (χ1) is 21.1. The van der Waals surface area contributed by atoms with Crippen molar-refractivity contribution in [2.24, 2.45) is 0 Å². The number of rotatable bonds is 10. The number of hydrogen-bond donors (Lipinski definition) is 1. The van der Waals surface area contributed by atoms with Gasteiger partial charge in [0.1, 0.15) is 12.4 Å². The number of carboxylic acid groups (broad SMARTS) is 1. The van der Waals surface area contributed by atoms with Gasteiger partial charge in [0.15, 0.2) is 5.78 Å². The molecule has 1 saturated carbocycles. The Kier molecular flexibility index (Phi) is 9.44. The number of Topliss-reactive ketones (excluding diaryl/α,β-unsaturated/α-hetero) is 1. The van der Waals surface area contributed by atoms with Crippen LogP contribution >= 0.6 is 11.3 Å². The number of ether oxygens (including phenoxy) is 1. The molecule has 0 unspecified atom stereocenters. The Morgan fingerprint density at radius 3 is 2.36 bits per heavy atom. The van der Waals surface area contributed by atoms with E-state index in [1.807, 2.05) is 54.6 Å². The molecule has 2 heterocycles. The molecule has 1 amide bonds. The number of ketones is 1. The summed E-state index contributed by atoms with van der Waals surface area (Å²) in [6.07, 6.45) is 7.24. The maximum absolute atomic E-state index is 12.7. The first-order valence-electron chi connectivity index (χ1n) is 14.8. The second-order valence-electron chi connectivity index (χ2n) is 11.4. The van der Waals surface area contributed by atoms with Gasteiger partial charge in [-0.3, -0.25) is 14.3 Å². The quantitative estimate of drug-likeness (QED) is 0.145. The van der Waals surface area contributed by atoms with Gasteiger partial charge in [0.2, 0.25) is 0 Å². The number of aliphatic carboxylic acids is 1. The van der Waals surface area contributed by atoms with Gasteiger partial charge in [-0.2, -0.15) is 5.10 Å². The average molecular weight is 612 g/mol. The molecule has 2 aromatic heterocycles. The van der Waals surface area contributed by atoms with Gasteiger partial charge in [0, 0.05) is 35.7 Å². The summed E-state index contributed by atoms with van der Waals surface area (Å²) in [5.41, 5.74) is 5.12. The molecular weight excluding hydrogens is 574 g/mol. The minimum Gasteiger partial charge on any atom is -0.489 e. The van der Waals surface area contributed by atoms with Crippen LogP contribution in [-0.4, -0.2) is 51.5 Å². The third kappa shape index (κ3) is 7.00. The van der Waals surface area contributed by atoms with Crippen molar-refractivity contribution in [1.29, 1.82) is 0 Å².